The Hall–Kier alpha value is -2.18. The SMILES string of the molecule is CCOC(=O)c1sc2nc(-c3ccccc3Cl)[nH]c(=O)c2c1C. The molecule has 118 valence electrons. The second-order valence-electron chi connectivity index (χ2n) is 4.85. The van der Waals surface area contributed by atoms with Gasteiger partial charge in [-0.15, -0.1) is 11.3 Å². The van der Waals surface area contributed by atoms with Crippen LogP contribution in [0, 0.1) is 6.92 Å². The van der Waals surface area contributed by atoms with Gasteiger partial charge in [0.2, 0.25) is 0 Å². The van der Waals surface area contributed by atoms with Crippen LogP contribution in [0.4, 0.5) is 0 Å². The number of esters is 1. The third-order valence-electron chi connectivity index (χ3n) is 3.39. The van der Waals surface area contributed by atoms with Gasteiger partial charge in [0.1, 0.15) is 15.5 Å². The molecule has 0 amide bonds. The number of hydrogen-bond acceptors (Lipinski definition) is 5. The summed E-state index contributed by atoms with van der Waals surface area (Å²) in [5, 5.41) is 0.905. The van der Waals surface area contributed by atoms with Gasteiger partial charge in [0.15, 0.2) is 0 Å². The lowest BCUT2D eigenvalue weighted by Crippen LogP contribution is -2.10. The monoisotopic (exact) mass is 348 g/mol. The molecule has 0 unspecified atom stereocenters. The normalized spacial score (nSPS) is 10.9. The molecule has 2 heterocycles. The molecular weight excluding hydrogens is 336 g/mol. The van der Waals surface area contributed by atoms with E-state index in [0.29, 0.717) is 37.1 Å². The van der Waals surface area contributed by atoms with E-state index in [9.17, 15) is 9.59 Å². The predicted molar refractivity (Wildman–Crippen MR) is 91.4 cm³/mol. The van der Waals surface area contributed by atoms with Crippen LogP contribution in [0.25, 0.3) is 21.6 Å². The average Bonchev–Trinajstić information content (AvgIpc) is 2.85. The topological polar surface area (TPSA) is 72.0 Å². The minimum Gasteiger partial charge on any atom is -0.462 e. The second kappa shape index (κ2) is 6.14. The van der Waals surface area contributed by atoms with Gasteiger partial charge in [-0.25, -0.2) is 9.78 Å². The Morgan fingerprint density at radius 1 is 1.39 bits per heavy atom. The molecule has 0 bridgehead atoms. The van der Waals surface area contributed by atoms with E-state index in [1.54, 1.807) is 32.0 Å². The molecule has 0 radical (unpaired) electrons. The maximum absolute atomic E-state index is 12.4. The standard InChI is InChI=1S/C16H13ClN2O3S/c1-3-22-16(21)12-8(2)11-14(20)18-13(19-15(11)23-12)9-6-4-5-7-10(9)17/h4-7H,3H2,1-2H3,(H,18,19,20). The molecule has 0 spiro atoms. The number of fused-ring (bicyclic) bond motifs is 1. The number of H-pyrrole nitrogens is 1. The van der Waals surface area contributed by atoms with Crippen LogP contribution in [0.1, 0.15) is 22.2 Å². The van der Waals surface area contributed by atoms with Crippen molar-refractivity contribution in [2.75, 3.05) is 6.61 Å². The van der Waals surface area contributed by atoms with E-state index < -0.39 is 5.97 Å². The lowest BCUT2D eigenvalue weighted by molar-refractivity contribution is 0.0531. The number of aromatic nitrogens is 2. The molecule has 0 saturated heterocycles. The zero-order chi connectivity index (χ0) is 16.6. The first-order valence-electron chi connectivity index (χ1n) is 6.98. The molecule has 2 aromatic heterocycles. The molecule has 7 heteroatoms. The van der Waals surface area contributed by atoms with Gasteiger partial charge in [-0.2, -0.15) is 0 Å². The van der Waals surface area contributed by atoms with Crippen LogP contribution in [0.15, 0.2) is 29.1 Å². The number of carbonyl (C=O) groups is 1. The molecule has 23 heavy (non-hydrogen) atoms. The molecule has 3 rings (SSSR count). The molecule has 1 aromatic carbocycles. The van der Waals surface area contributed by atoms with Gasteiger partial charge >= 0.3 is 5.97 Å². The largest absolute Gasteiger partial charge is 0.462 e. The molecule has 5 nitrogen and oxygen atoms in total. The van der Waals surface area contributed by atoms with Crippen molar-refractivity contribution in [3.63, 3.8) is 0 Å². The molecule has 0 aliphatic rings. The van der Waals surface area contributed by atoms with E-state index in [-0.39, 0.29) is 12.2 Å². The number of aryl methyl sites for hydroxylation is 1. The molecular formula is C16H13ClN2O3S. The van der Waals surface area contributed by atoms with Crippen molar-refractivity contribution in [3.05, 3.63) is 50.1 Å². The Kier molecular flexibility index (Phi) is 4.19. The van der Waals surface area contributed by atoms with Gasteiger partial charge in [0.25, 0.3) is 5.56 Å². The van der Waals surface area contributed by atoms with E-state index in [0.717, 1.165) is 11.3 Å². The molecule has 0 aliphatic carbocycles. The van der Waals surface area contributed by atoms with Crippen molar-refractivity contribution < 1.29 is 9.53 Å². The summed E-state index contributed by atoms with van der Waals surface area (Å²) in [5.41, 5.74) is 0.925. The van der Waals surface area contributed by atoms with Crippen molar-refractivity contribution in [3.8, 4) is 11.4 Å². The summed E-state index contributed by atoms with van der Waals surface area (Å²) in [6, 6.07) is 7.12. The van der Waals surface area contributed by atoms with Crippen LogP contribution in [-0.2, 0) is 4.74 Å². The number of rotatable bonds is 3. The van der Waals surface area contributed by atoms with Gasteiger partial charge < -0.3 is 9.72 Å². The highest BCUT2D eigenvalue weighted by molar-refractivity contribution is 7.20. The fourth-order valence-electron chi connectivity index (χ4n) is 2.32. The maximum atomic E-state index is 12.4. The number of carbonyl (C=O) groups excluding carboxylic acids is 1. The van der Waals surface area contributed by atoms with Crippen LogP contribution < -0.4 is 5.56 Å². The zero-order valence-electron chi connectivity index (χ0n) is 12.5. The molecule has 0 saturated carbocycles. The fourth-order valence-corrected chi connectivity index (χ4v) is 3.62. The minimum absolute atomic E-state index is 0.279. The lowest BCUT2D eigenvalue weighted by atomic mass is 10.2. The van der Waals surface area contributed by atoms with Crippen LogP contribution in [0.3, 0.4) is 0 Å². The Morgan fingerprint density at radius 3 is 2.83 bits per heavy atom. The number of thiophene rings is 1. The number of benzene rings is 1. The summed E-state index contributed by atoms with van der Waals surface area (Å²) in [6.45, 7) is 3.74. The van der Waals surface area contributed by atoms with Crippen molar-refractivity contribution in [2.24, 2.45) is 0 Å². The minimum atomic E-state index is -0.438. The summed E-state index contributed by atoms with van der Waals surface area (Å²) < 4.78 is 5.02. The van der Waals surface area contributed by atoms with Gasteiger partial charge in [-0.3, -0.25) is 4.79 Å². The number of aromatic amines is 1. The first-order chi connectivity index (χ1) is 11.0. The Balaban J connectivity index is 2.22. The van der Waals surface area contributed by atoms with Crippen molar-refractivity contribution >= 4 is 39.1 Å². The molecule has 0 aliphatic heterocycles. The van der Waals surface area contributed by atoms with Crippen LogP contribution in [-0.4, -0.2) is 22.5 Å². The number of halogens is 1. The number of hydrogen-bond donors (Lipinski definition) is 1. The van der Waals surface area contributed by atoms with Gasteiger partial charge in [-0.1, -0.05) is 23.7 Å². The van der Waals surface area contributed by atoms with Gasteiger partial charge in [0.05, 0.1) is 17.0 Å². The number of nitrogens with one attached hydrogen (secondary N) is 1. The Morgan fingerprint density at radius 2 is 2.13 bits per heavy atom. The first-order valence-corrected chi connectivity index (χ1v) is 8.17. The third kappa shape index (κ3) is 2.75. The Labute approximate surface area is 140 Å². The molecule has 0 fully saturated rings. The second-order valence-corrected chi connectivity index (χ2v) is 6.26. The summed E-state index contributed by atoms with van der Waals surface area (Å²) in [5.74, 6) is -0.0588. The Bertz CT molecular complexity index is 962. The summed E-state index contributed by atoms with van der Waals surface area (Å²) in [4.78, 5) is 32.5. The highest BCUT2D eigenvalue weighted by Gasteiger charge is 2.20. The van der Waals surface area contributed by atoms with Crippen LogP contribution >= 0.6 is 22.9 Å². The fraction of sp³-hybridized carbons (Fsp3) is 0.188. The van der Waals surface area contributed by atoms with Crippen molar-refractivity contribution in [1.82, 2.24) is 9.97 Å². The van der Waals surface area contributed by atoms with E-state index in [4.69, 9.17) is 16.3 Å². The molecule has 0 atom stereocenters. The maximum Gasteiger partial charge on any atom is 0.348 e. The van der Waals surface area contributed by atoms with Gasteiger partial charge in [-0.05, 0) is 31.5 Å². The number of ether oxygens (including phenoxy) is 1. The van der Waals surface area contributed by atoms with E-state index in [1.165, 1.54) is 0 Å². The summed E-state index contributed by atoms with van der Waals surface area (Å²) >= 11 is 7.31. The smallest absolute Gasteiger partial charge is 0.348 e. The highest BCUT2D eigenvalue weighted by atomic mass is 35.5. The first kappa shape index (κ1) is 15.7. The van der Waals surface area contributed by atoms with E-state index in [2.05, 4.69) is 9.97 Å². The van der Waals surface area contributed by atoms with E-state index in [1.807, 2.05) is 6.07 Å². The summed E-state index contributed by atoms with van der Waals surface area (Å²) in [7, 11) is 0. The number of nitrogens with zero attached hydrogens (tertiary/aromatic N) is 1. The molecule has 3 aromatic rings. The summed E-state index contributed by atoms with van der Waals surface area (Å²) in [6.07, 6.45) is 0. The van der Waals surface area contributed by atoms with Crippen molar-refractivity contribution in [2.45, 2.75) is 13.8 Å². The van der Waals surface area contributed by atoms with E-state index >= 15 is 0 Å². The zero-order valence-corrected chi connectivity index (χ0v) is 14.0. The highest BCUT2D eigenvalue weighted by Crippen LogP contribution is 2.30. The third-order valence-corrected chi connectivity index (χ3v) is 4.89. The van der Waals surface area contributed by atoms with Crippen LogP contribution in [0.5, 0.6) is 0 Å². The van der Waals surface area contributed by atoms with Gasteiger partial charge in [0, 0.05) is 5.56 Å². The predicted octanol–water partition coefficient (Wildman–Crippen LogP) is 3.79. The lowest BCUT2D eigenvalue weighted by Gasteiger charge is -2.03. The quantitative estimate of drug-likeness (QED) is 0.731. The molecule has 1 N–H and O–H groups in total. The van der Waals surface area contributed by atoms with Crippen molar-refractivity contribution in [1.29, 1.82) is 0 Å². The van der Waals surface area contributed by atoms with Crippen LogP contribution in [0.2, 0.25) is 5.02 Å². The average molecular weight is 349 g/mol.